The lowest BCUT2D eigenvalue weighted by Crippen LogP contribution is -2.14. The van der Waals surface area contributed by atoms with E-state index in [1.807, 2.05) is 0 Å². The largest absolute Gasteiger partial charge is 0.394 e. The lowest BCUT2D eigenvalue weighted by Gasteiger charge is -2.07. The van der Waals surface area contributed by atoms with Crippen molar-refractivity contribution in [1.29, 1.82) is 0 Å². The van der Waals surface area contributed by atoms with Crippen LogP contribution in [0.5, 0.6) is 0 Å². The summed E-state index contributed by atoms with van der Waals surface area (Å²) in [7, 11) is 0. The fourth-order valence-electron chi connectivity index (χ4n) is 1.31. The zero-order chi connectivity index (χ0) is 13.5. The van der Waals surface area contributed by atoms with Crippen molar-refractivity contribution in [2.24, 2.45) is 0 Å². The van der Waals surface area contributed by atoms with Gasteiger partial charge in [-0.1, -0.05) is 0 Å². The van der Waals surface area contributed by atoms with Gasteiger partial charge in [0, 0.05) is 18.9 Å². The van der Waals surface area contributed by atoms with Gasteiger partial charge in [-0.25, -0.2) is 4.98 Å². The molecule has 0 atom stereocenters. The van der Waals surface area contributed by atoms with Gasteiger partial charge < -0.3 is 15.2 Å². The van der Waals surface area contributed by atoms with E-state index in [1.54, 1.807) is 23.3 Å². The van der Waals surface area contributed by atoms with Crippen LogP contribution in [-0.4, -0.2) is 56.0 Å². The fraction of sp³-hybridized carbons (Fsp3) is 0.400. The second-order valence-corrected chi connectivity index (χ2v) is 3.80. The molecule has 2 aromatic rings. The molecule has 9 heteroatoms. The Morgan fingerprint density at radius 3 is 2.95 bits per heavy atom. The second-order valence-electron chi connectivity index (χ2n) is 3.46. The van der Waals surface area contributed by atoms with E-state index in [0.717, 1.165) is 0 Å². The molecule has 0 aliphatic carbocycles. The van der Waals surface area contributed by atoms with Crippen LogP contribution in [0.25, 0.3) is 5.95 Å². The Balaban J connectivity index is 1.97. The molecule has 0 saturated carbocycles. The number of nitrogens with zero attached hydrogens (tertiary/aromatic N) is 5. The van der Waals surface area contributed by atoms with Crippen LogP contribution >= 0.6 is 11.6 Å². The monoisotopic (exact) mass is 284 g/mol. The molecule has 0 saturated heterocycles. The summed E-state index contributed by atoms with van der Waals surface area (Å²) in [4.78, 5) is 16.1. The lowest BCUT2D eigenvalue weighted by molar-refractivity contribution is 0.0991. The highest BCUT2D eigenvalue weighted by atomic mass is 35.5. The van der Waals surface area contributed by atoms with Crippen molar-refractivity contribution in [3.63, 3.8) is 0 Å². The molecule has 0 aromatic carbocycles. The summed E-state index contributed by atoms with van der Waals surface area (Å²) in [5.74, 6) is 0.743. The minimum atomic E-state index is 0.00234. The Kier molecular flexibility index (Phi) is 5.01. The molecule has 0 bridgehead atoms. The van der Waals surface area contributed by atoms with Gasteiger partial charge >= 0.3 is 0 Å². The van der Waals surface area contributed by atoms with Gasteiger partial charge in [-0.3, -0.25) is 4.57 Å². The van der Waals surface area contributed by atoms with E-state index >= 15 is 0 Å². The molecule has 0 radical (unpaired) electrons. The first-order valence-corrected chi connectivity index (χ1v) is 6.00. The van der Waals surface area contributed by atoms with Gasteiger partial charge in [0.1, 0.15) is 6.33 Å². The number of hydrogen-bond acceptors (Lipinski definition) is 7. The molecule has 0 amide bonds. The third kappa shape index (κ3) is 4.12. The number of hydrogen-bond donors (Lipinski definition) is 2. The summed E-state index contributed by atoms with van der Waals surface area (Å²) in [6, 6.07) is 0. The van der Waals surface area contributed by atoms with Crippen LogP contribution < -0.4 is 5.32 Å². The number of rotatable bonds is 7. The number of anilines is 1. The van der Waals surface area contributed by atoms with Gasteiger partial charge in [-0.2, -0.15) is 15.0 Å². The van der Waals surface area contributed by atoms with E-state index in [9.17, 15) is 0 Å². The molecule has 2 N–H and O–H groups in total. The molecule has 8 nitrogen and oxygen atoms in total. The van der Waals surface area contributed by atoms with Gasteiger partial charge in [0.15, 0.2) is 0 Å². The zero-order valence-corrected chi connectivity index (χ0v) is 10.8. The van der Waals surface area contributed by atoms with Crippen molar-refractivity contribution < 1.29 is 9.84 Å². The van der Waals surface area contributed by atoms with Gasteiger partial charge in [-0.05, 0) is 11.6 Å². The number of imidazole rings is 1. The van der Waals surface area contributed by atoms with Gasteiger partial charge in [0.2, 0.25) is 17.2 Å². The smallest absolute Gasteiger partial charge is 0.241 e. The summed E-state index contributed by atoms with van der Waals surface area (Å²) in [5, 5.41) is 11.6. The average Bonchev–Trinajstić information content (AvgIpc) is 2.92. The Hall–Kier alpha value is -1.77. The molecule has 0 unspecified atom stereocenters. The van der Waals surface area contributed by atoms with E-state index in [0.29, 0.717) is 31.7 Å². The molecule has 0 aliphatic heterocycles. The van der Waals surface area contributed by atoms with Crippen LogP contribution in [0, 0.1) is 0 Å². The molecule has 2 rings (SSSR count). The van der Waals surface area contributed by atoms with E-state index in [-0.39, 0.29) is 11.9 Å². The predicted molar refractivity (Wildman–Crippen MR) is 68.4 cm³/mol. The van der Waals surface area contributed by atoms with Crippen LogP contribution in [0.4, 0.5) is 5.95 Å². The minimum Gasteiger partial charge on any atom is -0.394 e. The summed E-state index contributed by atoms with van der Waals surface area (Å²) in [6.45, 7) is 1.25. The molecule has 0 spiro atoms. The van der Waals surface area contributed by atoms with Crippen LogP contribution in [0.3, 0.4) is 0 Å². The van der Waals surface area contributed by atoms with Crippen molar-refractivity contribution in [3.05, 3.63) is 24.0 Å². The number of aromatic nitrogens is 5. The maximum absolute atomic E-state index is 8.56. The van der Waals surface area contributed by atoms with Crippen LogP contribution in [-0.2, 0) is 4.74 Å². The van der Waals surface area contributed by atoms with Crippen LogP contribution in [0.2, 0.25) is 5.28 Å². The van der Waals surface area contributed by atoms with Crippen molar-refractivity contribution in [1.82, 2.24) is 24.5 Å². The maximum Gasteiger partial charge on any atom is 0.241 e. The number of ether oxygens (including phenoxy) is 1. The Bertz CT molecular complexity index is 507. The standard InChI is InChI=1S/C10H13ClN6O2/c11-8-14-9(13-2-5-19-6-4-18)16-10(15-8)17-3-1-12-7-17/h1,3,7,18H,2,4-6H2,(H,13,14,15,16). The Morgan fingerprint density at radius 1 is 1.32 bits per heavy atom. The molecular formula is C10H13ClN6O2. The van der Waals surface area contributed by atoms with Crippen LogP contribution in [0.15, 0.2) is 18.7 Å². The average molecular weight is 285 g/mol. The van der Waals surface area contributed by atoms with E-state index in [4.69, 9.17) is 21.4 Å². The van der Waals surface area contributed by atoms with Crippen molar-refractivity contribution >= 4 is 17.5 Å². The minimum absolute atomic E-state index is 0.00234. The molecule has 2 heterocycles. The third-order valence-electron chi connectivity index (χ3n) is 2.10. The van der Waals surface area contributed by atoms with Gasteiger partial charge in [0.05, 0.1) is 19.8 Å². The predicted octanol–water partition coefficient (Wildman–Crippen LogP) is 0.131. The van der Waals surface area contributed by atoms with Crippen molar-refractivity contribution in [3.8, 4) is 5.95 Å². The molecule has 2 aromatic heterocycles. The second kappa shape index (κ2) is 6.98. The first kappa shape index (κ1) is 13.7. The van der Waals surface area contributed by atoms with E-state index < -0.39 is 0 Å². The molecule has 102 valence electrons. The Labute approximate surface area is 114 Å². The zero-order valence-electron chi connectivity index (χ0n) is 10.0. The van der Waals surface area contributed by atoms with E-state index in [2.05, 4.69) is 25.3 Å². The normalized spacial score (nSPS) is 10.6. The van der Waals surface area contributed by atoms with Crippen molar-refractivity contribution in [2.45, 2.75) is 0 Å². The summed E-state index contributed by atoms with van der Waals surface area (Å²) >= 11 is 5.83. The topological polar surface area (TPSA) is 98.0 Å². The quantitative estimate of drug-likeness (QED) is 0.697. The summed E-state index contributed by atoms with van der Waals surface area (Å²) < 4.78 is 6.73. The number of nitrogens with one attached hydrogen (secondary N) is 1. The van der Waals surface area contributed by atoms with Crippen LogP contribution in [0.1, 0.15) is 0 Å². The third-order valence-corrected chi connectivity index (χ3v) is 2.27. The van der Waals surface area contributed by atoms with Gasteiger partial charge in [0.25, 0.3) is 0 Å². The highest BCUT2D eigenvalue weighted by Crippen LogP contribution is 2.08. The molecule has 0 aliphatic rings. The SMILES string of the molecule is OCCOCCNc1nc(Cl)nc(-n2ccnc2)n1. The first-order valence-electron chi connectivity index (χ1n) is 5.62. The number of aliphatic hydroxyl groups is 1. The molecule has 0 fully saturated rings. The van der Waals surface area contributed by atoms with E-state index in [1.165, 1.54) is 0 Å². The molecule has 19 heavy (non-hydrogen) atoms. The highest BCUT2D eigenvalue weighted by molar-refractivity contribution is 6.28. The number of halogens is 1. The van der Waals surface area contributed by atoms with Crippen molar-refractivity contribution in [2.75, 3.05) is 31.7 Å². The fourth-order valence-corrected chi connectivity index (χ4v) is 1.47. The summed E-state index contributed by atoms with van der Waals surface area (Å²) in [5.41, 5.74) is 0. The highest BCUT2D eigenvalue weighted by Gasteiger charge is 2.06. The summed E-state index contributed by atoms with van der Waals surface area (Å²) in [6.07, 6.45) is 4.90. The number of aliphatic hydroxyl groups excluding tert-OH is 1. The van der Waals surface area contributed by atoms with Gasteiger partial charge in [-0.15, -0.1) is 0 Å². The molecular weight excluding hydrogens is 272 g/mol. The first-order chi connectivity index (χ1) is 9.29. The maximum atomic E-state index is 8.56. The Morgan fingerprint density at radius 2 is 2.21 bits per heavy atom. The lowest BCUT2D eigenvalue weighted by atomic mass is 10.6.